The Kier molecular flexibility index (Phi) is 5.63. The Bertz CT molecular complexity index is 1400. The Morgan fingerprint density at radius 3 is 2.78 bits per heavy atom. The van der Waals surface area contributed by atoms with Crippen LogP contribution in [0.25, 0.3) is 23.0 Å². The maximum absolute atomic E-state index is 12.4. The van der Waals surface area contributed by atoms with Crippen molar-refractivity contribution >= 4 is 35.3 Å². The van der Waals surface area contributed by atoms with E-state index in [2.05, 4.69) is 15.7 Å². The van der Waals surface area contributed by atoms with Gasteiger partial charge in [-0.15, -0.1) is 0 Å². The van der Waals surface area contributed by atoms with Crippen molar-refractivity contribution in [1.82, 2.24) is 24.8 Å². The van der Waals surface area contributed by atoms with E-state index in [1.54, 1.807) is 16.8 Å². The normalized spacial score (nSPS) is 18.8. The minimum atomic E-state index is -0.389. The van der Waals surface area contributed by atoms with E-state index in [4.69, 9.17) is 9.72 Å². The summed E-state index contributed by atoms with van der Waals surface area (Å²) in [7, 11) is 0. The highest BCUT2D eigenvalue weighted by Crippen LogP contribution is 2.31. The van der Waals surface area contributed by atoms with E-state index in [0.717, 1.165) is 50.2 Å². The molecule has 0 spiro atoms. The summed E-state index contributed by atoms with van der Waals surface area (Å²) in [5.41, 5.74) is 3.15. The van der Waals surface area contributed by atoms with Gasteiger partial charge in [-0.3, -0.25) is 19.7 Å². The lowest BCUT2D eigenvalue weighted by molar-refractivity contribution is -0.132. The predicted octanol–water partition coefficient (Wildman–Crippen LogP) is 2.40. The largest absolute Gasteiger partial charge is 0.484 e. The number of amides is 3. The lowest BCUT2D eigenvalue weighted by Gasteiger charge is -2.16. The fourth-order valence-electron chi connectivity index (χ4n) is 4.53. The number of nitrogens with one attached hydrogen (secondary N) is 2. The SMILES string of the molecule is O=C1C/C(=C\c2cnn3c(NC4CC4)cc(-c4cccc(OCC(=O)N5CCCC5)c4)nc23)C(=O)N1. The summed E-state index contributed by atoms with van der Waals surface area (Å²) in [5.74, 6) is 0.687. The molecule has 0 unspecified atom stereocenters. The molecule has 3 fully saturated rings. The number of likely N-dealkylation sites (tertiary alicyclic amines) is 1. The van der Waals surface area contributed by atoms with E-state index in [1.165, 1.54) is 0 Å². The Labute approximate surface area is 207 Å². The molecule has 2 saturated heterocycles. The quantitative estimate of drug-likeness (QED) is 0.389. The molecule has 2 aromatic heterocycles. The van der Waals surface area contributed by atoms with Crippen LogP contribution in [0, 0.1) is 0 Å². The third-order valence-corrected chi connectivity index (χ3v) is 6.60. The first-order valence-electron chi connectivity index (χ1n) is 12.2. The average Bonchev–Trinajstić information content (AvgIpc) is 3.23. The summed E-state index contributed by atoms with van der Waals surface area (Å²) < 4.78 is 7.54. The molecule has 36 heavy (non-hydrogen) atoms. The highest BCUT2D eigenvalue weighted by Gasteiger charge is 2.26. The zero-order chi connectivity index (χ0) is 24.6. The van der Waals surface area contributed by atoms with E-state index in [0.29, 0.717) is 34.3 Å². The monoisotopic (exact) mass is 486 g/mol. The molecule has 2 N–H and O–H groups in total. The van der Waals surface area contributed by atoms with Gasteiger partial charge in [-0.05, 0) is 43.9 Å². The molecule has 0 atom stereocenters. The molecular weight excluding hydrogens is 460 g/mol. The molecule has 3 amide bonds. The minimum Gasteiger partial charge on any atom is -0.484 e. The molecule has 1 saturated carbocycles. The van der Waals surface area contributed by atoms with E-state index in [1.807, 2.05) is 35.2 Å². The molecule has 0 bridgehead atoms. The average molecular weight is 487 g/mol. The number of benzene rings is 1. The molecule has 4 heterocycles. The van der Waals surface area contributed by atoms with Crippen LogP contribution in [0.15, 0.2) is 42.1 Å². The van der Waals surface area contributed by atoms with Crippen LogP contribution in [-0.4, -0.2) is 63.0 Å². The van der Waals surface area contributed by atoms with Gasteiger partial charge in [-0.25, -0.2) is 4.98 Å². The van der Waals surface area contributed by atoms with E-state index >= 15 is 0 Å². The Morgan fingerprint density at radius 2 is 2.03 bits per heavy atom. The first-order chi connectivity index (χ1) is 17.5. The van der Waals surface area contributed by atoms with Crippen molar-refractivity contribution in [3.8, 4) is 17.0 Å². The number of nitrogens with zero attached hydrogens (tertiary/aromatic N) is 4. The Morgan fingerprint density at radius 1 is 1.19 bits per heavy atom. The minimum absolute atomic E-state index is 0.000243. The fourth-order valence-corrected chi connectivity index (χ4v) is 4.53. The molecule has 6 rings (SSSR count). The topological polar surface area (TPSA) is 118 Å². The highest BCUT2D eigenvalue weighted by molar-refractivity contribution is 6.15. The van der Waals surface area contributed by atoms with E-state index < -0.39 is 0 Å². The van der Waals surface area contributed by atoms with Crippen LogP contribution in [0.1, 0.15) is 37.7 Å². The summed E-state index contributed by atoms with van der Waals surface area (Å²) >= 11 is 0. The third-order valence-electron chi connectivity index (χ3n) is 6.60. The van der Waals surface area contributed by atoms with Crippen molar-refractivity contribution < 1.29 is 19.1 Å². The second-order valence-electron chi connectivity index (χ2n) is 9.41. The Balaban J connectivity index is 1.32. The van der Waals surface area contributed by atoms with Gasteiger partial charge in [0.15, 0.2) is 12.3 Å². The second-order valence-corrected chi connectivity index (χ2v) is 9.41. The zero-order valence-electron chi connectivity index (χ0n) is 19.7. The molecular formula is C26H26N6O4. The predicted molar refractivity (Wildman–Crippen MR) is 132 cm³/mol. The van der Waals surface area contributed by atoms with Crippen LogP contribution >= 0.6 is 0 Å². The molecule has 10 heteroatoms. The standard InChI is InChI=1S/C26H26N6O4/c33-23-12-17(26(35)30-23)10-18-14-27-32-22(28-19-6-7-19)13-21(29-25(18)32)16-4-3-5-20(11-16)36-15-24(34)31-8-1-2-9-31/h3-5,10-11,13-14,19,28H,1-2,6-9,12,15H2,(H,30,33,35)/b17-10+. The van der Waals surface area contributed by atoms with Gasteiger partial charge in [0.05, 0.1) is 18.3 Å². The molecule has 3 aromatic rings. The van der Waals surface area contributed by atoms with Gasteiger partial charge in [0, 0.05) is 41.9 Å². The van der Waals surface area contributed by atoms with Crippen LogP contribution in [-0.2, 0) is 14.4 Å². The molecule has 1 aromatic carbocycles. The molecule has 3 aliphatic rings. The van der Waals surface area contributed by atoms with Gasteiger partial charge >= 0.3 is 0 Å². The van der Waals surface area contributed by atoms with E-state index in [9.17, 15) is 14.4 Å². The van der Waals surface area contributed by atoms with Gasteiger partial charge in [0.25, 0.3) is 11.8 Å². The van der Waals surface area contributed by atoms with Gasteiger partial charge in [-0.1, -0.05) is 12.1 Å². The lowest BCUT2D eigenvalue weighted by Crippen LogP contribution is -2.32. The van der Waals surface area contributed by atoms with Crippen LogP contribution in [0.4, 0.5) is 5.82 Å². The number of imide groups is 1. The number of anilines is 1. The summed E-state index contributed by atoms with van der Waals surface area (Å²) in [4.78, 5) is 42.8. The molecule has 1 aliphatic carbocycles. The first-order valence-corrected chi connectivity index (χ1v) is 12.2. The zero-order valence-corrected chi connectivity index (χ0v) is 19.7. The van der Waals surface area contributed by atoms with Gasteiger partial charge < -0.3 is 15.0 Å². The lowest BCUT2D eigenvalue weighted by atomic mass is 10.1. The summed E-state index contributed by atoms with van der Waals surface area (Å²) in [6, 6.07) is 9.83. The maximum atomic E-state index is 12.4. The molecule has 0 radical (unpaired) electrons. The van der Waals surface area contributed by atoms with Crippen LogP contribution in [0.5, 0.6) is 5.75 Å². The van der Waals surface area contributed by atoms with Crippen molar-refractivity contribution in [2.24, 2.45) is 0 Å². The number of hydrogen-bond donors (Lipinski definition) is 2. The highest BCUT2D eigenvalue weighted by atomic mass is 16.5. The van der Waals surface area contributed by atoms with Gasteiger partial charge in [0.2, 0.25) is 5.91 Å². The van der Waals surface area contributed by atoms with Crippen molar-refractivity contribution in [2.45, 2.75) is 38.1 Å². The summed E-state index contributed by atoms with van der Waals surface area (Å²) in [6.45, 7) is 1.59. The van der Waals surface area contributed by atoms with Crippen molar-refractivity contribution in [1.29, 1.82) is 0 Å². The molecule has 2 aliphatic heterocycles. The van der Waals surface area contributed by atoms with Gasteiger partial charge in [0.1, 0.15) is 11.6 Å². The number of fused-ring (bicyclic) bond motifs is 1. The van der Waals surface area contributed by atoms with Crippen molar-refractivity contribution in [3.63, 3.8) is 0 Å². The van der Waals surface area contributed by atoms with Gasteiger partial charge in [-0.2, -0.15) is 9.61 Å². The Hall–Kier alpha value is -4.21. The fraction of sp³-hybridized carbons (Fsp3) is 0.346. The third kappa shape index (κ3) is 4.53. The number of carbonyl (C=O) groups excluding carboxylic acids is 3. The number of carbonyl (C=O) groups is 3. The first kappa shape index (κ1) is 22.3. The van der Waals surface area contributed by atoms with Crippen LogP contribution < -0.4 is 15.4 Å². The van der Waals surface area contributed by atoms with Crippen molar-refractivity contribution in [3.05, 3.63) is 47.7 Å². The van der Waals surface area contributed by atoms with Crippen LogP contribution in [0.3, 0.4) is 0 Å². The van der Waals surface area contributed by atoms with Crippen LogP contribution in [0.2, 0.25) is 0 Å². The second kappa shape index (κ2) is 9.10. The number of ether oxygens (including phenoxy) is 1. The number of aromatic nitrogens is 3. The molecule has 184 valence electrons. The summed E-state index contributed by atoms with van der Waals surface area (Å²) in [5, 5.41) is 10.3. The maximum Gasteiger partial charge on any atom is 0.260 e. The smallest absolute Gasteiger partial charge is 0.260 e. The van der Waals surface area contributed by atoms with E-state index in [-0.39, 0.29) is 30.7 Å². The summed E-state index contributed by atoms with van der Waals surface area (Å²) in [6.07, 6.45) is 7.63. The molecule has 10 nitrogen and oxygen atoms in total. The number of rotatable bonds is 7. The number of hydrogen-bond acceptors (Lipinski definition) is 7. The van der Waals surface area contributed by atoms with Crippen molar-refractivity contribution in [2.75, 3.05) is 25.0 Å².